The van der Waals surface area contributed by atoms with Gasteiger partial charge in [-0.3, -0.25) is 4.79 Å². The summed E-state index contributed by atoms with van der Waals surface area (Å²) in [5, 5.41) is 4.17. The lowest BCUT2D eigenvalue weighted by molar-refractivity contribution is 0.0738. The fourth-order valence-corrected chi connectivity index (χ4v) is 3.74. The van der Waals surface area contributed by atoms with Crippen molar-refractivity contribution in [1.82, 2.24) is 15.2 Å². The maximum absolute atomic E-state index is 13.3. The van der Waals surface area contributed by atoms with Crippen LogP contribution in [0.5, 0.6) is 11.5 Å². The largest absolute Gasteiger partial charge is 0.486 e. The third kappa shape index (κ3) is 3.73. The highest BCUT2D eigenvalue weighted by Crippen LogP contribution is 2.35. The molecule has 29 heavy (non-hydrogen) atoms. The number of nitrogens with zero attached hydrogens (tertiary/aromatic N) is 2. The van der Waals surface area contributed by atoms with Gasteiger partial charge in [-0.2, -0.15) is 0 Å². The van der Waals surface area contributed by atoms with E-state index in [2.05, 4.69) is 5.32 Å². The molecule has 0 unspecified atom stereocenters. The van der Waals surface area contributed by atoms with Crippen molar-refractivity contribution in [2.45, 2.75) is 0 Å². The number of pyridine rings is 1. The van der Waals surface area contributed by atoms with Crippen LogP contribution in [0.2, 0.25) is 0 Å². The minimum Gasteiger partial charge on any atom is -0.486 e. The number of carbonyl (C=O) groups excluding carboxylic acids is 1. The lowest BCUT2D eigenvalue weighted by Gasteiger charge is -2.28. The Morgan fingerprint density at radius 2 is 1.72 bits per heavy atom. The summed E-state index contributed by atoms with van der Waals surface area (Å²) in [7, 11) is 0. The molecule has 0 aliphatic carbocycles. The second-order valence-corrected chi connectivity index (χ2v) is 6.97. The highest BCUT2D eigenvalue weighted by Gasteiger charge is 2.22. The van der Waals surface area contributed by atoms with Crippen LogP contribution in [-0.2, 0) is 0 Å². The summed E-state index contributed by atoms with van der Waals surface area (Å²) in [4.78, 5) is 20.0. The number of carbonyl (C=O) groups is 1. The van der Waals surface area contributed by atoms with Crippen molar-refractivity contribution < 1.29 is 14.3 Å². The zero-order chi connectivity index (χ0) is 18.9. The van der Waals surface area contributed by atoms with Crippen LogP contribution in [0.15, 0.2) is 48.5 Å². The van der Waals surface area contributed by atoms with Crippen molar-refractivity contribution in [3.63, 3.8) is 0 Å². The second kappa shape index (κ2) is 8.27. The third-order valence-electron chi connectivity index (χ3n) is 5.19. The highest BCUT2D eigenvalue weighted by atomic mass is 35.5. The number of ether oxygens (including phenoxy) is 2. The fraction of sp³-hybridized carbons (Fsp3) is 0.273. The molecule has 7 heteroatoms. The third-order valence-corrected chi connectivity index (χ3v) is 5.19. The number of nitrogens with one attached hydrogen (secondary N) is 1. The quantitative estimate of drug-likeness (QED) is 0.701. The number of aromatic nitrogens is 1. The van der Waals surface area contributed by atoms with Crippen molar-refractivity contribution in [2.75, 3.05) is 39.4 Å². The highest BCUT2D eigenvalue weighted by molar-refractivity contribution is 6.07. The Hall–Kier alpha value is -2.83. The van der Waals surface area contributed by atoms with Crippen LogP contribution in [0.1, 0.15) is 10.4 Å². The molecule has 1 fully saturated rings. The molecule has 2 aliphatic rings. The van der Waals surface area contributed by atoms with E-state index in [0.29, 0.717) is 24.5 Å². The van der Waals surface area contributed by atoms with Crippen molar-refractivity contribution in [3.8, 4) is 22.8 Å². The van der Waals surface area contributed by atoms with Crippen LogP contribution in [0.4, 0.5) is 0 Å². The molecule has 1 saturated heterocycles. The van der Waals surface area contributed by atoms with Gasteiger partial charge in [0, 0.05) is 37.1 Å². The standard InChI is InChI=1S/C22H21N3O3.ClH/c26-22(25-9-7-23-8-10-25)17-14-19(24-18-4-2-1-3-16(17)18)15-5-6-20-21(13-15)28-12-11-27-20;/h1-6,13-14,23H,7-12H2;1H. The summed E-state index contributed by atoms with van der Waals surface area (Å²) in [5.74, 6) is 1.51. The van der Waals surface area contributed by atoms with Crippen LogP contribution in [0, 0.1) is 0 Å². The number of para-hydroxylation sites is 1. The van der Waals surface area contributed by atoms with Crippen molar-refractivity contribution in [2.24, 2.45) is 0 Å². The SMILES string of the molecule is Cl.O=C(c1cc(-c2ccc3c(c2)OCCO3)nc2ccccc12)N1CCNCC1. The van der Waals surface area contributed by atoms with Crippen LogP contribution in [-0.4, -0.2) is 55.2 Å². The molecule has 3 heterocycles. The predicted octanol–water partition coefficient (Wildman–Crippen LogP) is 3.14. The Bertz CT molecular complexity index is 1050. The first-order valence-electron chi connectivity index (χ1n) is 9.59. The maximum atomic E-state index is 13.3. The zero-order valence-corrected chi connectivity index (χ0v) is 16.7. The van der Waals surface area contributed by atoms with Gasteiger partial charge >= 0.3 is 0 Å². The van der Waals surface area contributed by atoms with Gasteiger partial charge in [0.25, 0.3) is 5.91 Å². The van der Waals surface area contributed by atoms with Gasteiger partial charge in [0.2, 0.25) is 0 Å². The molecule has 3 aromatic rings. The van der Waals surface area contributed by atoms with Gasteiger partial charge in [-0.05, 0) is 30.3 Å². The number of benzene rings is 2. The van der Waals surface area contributed by atoms with Gasteiger partial charge in [0.15, 0.2) is 11.5 Å². The first kappa shape index (κ1) is 19.5. The number of rotatable bonds is 2. The van der Waals surface area contributed by atoms with Crippen LogP contribution < -0.4 is 14.8 Å². The van der Waals surface area contributed by atoms with E-state index in [1.54, 1.807) is 0 Å². The zero-order valence-electron chi connectivity index (χ0n) is 15.9. The van der Waals surface area contributed by atoms with E-state index in [-0.39, 0.29) is 18.3 Å². The monoisotopic (exact) mass is 411 g/mol. The molecule has 0 spiro atoms. The number of hydrogen-bond acceptors (Lipinski definition) is 5. The summed E-state index contributed by atoms with van der Waals surface area (Å²) < 4.78 is 11.3. The lowest BCUT2D eigenvalue weighted by atomic mass is 10.0. The molecule has 0 saturated carbocycles. The van der Waals surface area contributed by atoms with E-state index in [1.807, 2.05) is 53.4 Å². The maximum Gasteiger partial charge on any atom is 0.254 e. The minimum atomic E-state index is 0. The molecule has 2 aliphatic heterocycles. The number of piperazine rings is 1. The van der Waals surface area contributed by atoms with Gasteiger partial charge < -0.3 is 19.7 Å². The van der Waals surface area contributed by atoms with Gasteiger partial charge in [-0.1, -0.05) is 18.2 Å². The number of fused-ring (bicyclic) bond motifs is 2. The minimum absolute atomic E-state index is 0. The molecule has 6 nitrogen and oxygen atoms in total. The Labute approximate surface area is 175 Å². The average Bonchev–Trinajstić information content (AvgIpc) is 2.78. The molecular formula is C22H22ClN3O3. The normalized spacial score (nSPS) is 15.7. The van der Waals surface area contributed by atoms with E-state index in [4.69, 9.17) is 14.5 Å². The first-order chi connectivity index (χ1) is 13.8. The molecular weight excluding hydrogens is 390 g/mol. The summed E-state index contributed by atoms with van der Waals surface area (Å²) in [6.07, 6.45) is 0. The summed E-state index contributed by atoms with van der Waals surface area (Å²) >= 11 is 0. The van der Waals surface area contributed by atoms with Crippen LogP contribution >= 0.6 is 12.4 Å². The van der Waals surface area contributed by atoms with Crippen molar-refractivity contribution in [3.05, 3.63) is 54.1 Å². The second-order valence-electron chi connectivity index (χ2n) is 6.97. The summed E-state index contributed by atoms with van der Waals surface area (Å²) in [6, 6.07) is 15.5. The molecule has 5 rings (SSSR count). The van der Waals surface area contributed by atoms with E-state index < -0.39 is 0 Å². The van der Waals surface area contributed by atoms with E-state index in [0.717, 1.165) is 54.1 Å². The van der Waals surface area contributed by atoms with E-state index in [9.17, 15) is 4.79 Å². The summed E-state index contributed by atoms with van der Waals surface area (Å²) in [5.41, 5.74) is 3.17. The molecule has 150 valence electrons. The smallest absolute Gasteiger partial charge is 0.254 e. The average molecular weight is 412 g/mol. The molecule has 1 amide bonds. The van der Waals surface area contributed by atoms with E-state index >= 15 is 0 Å². The number of hydrogen-bond donors (Lipinski definition) is 1. The Morgan fingerprint density at radius 1 is 0.966 bits per heavy atom. The van der Waals surface area contributed by atoms with Crippen LogP contribution in [0.25, 0.3) is 22.2 Å². The molecule has 1 aromatic heterocycles. The Balaban J connectivity index is 0.00000205. The topological polar surface area (TPSA) is 63.7 Å². The Kier molecular flexibility index (Phi) is 5.56. The molecule has 1 N–H and O–H groups in total. The number of halogens is 1. The molecule has 0 bridgehead atoms. The van der Waals surface area contributed by atoms with Crippen LogP contribution in [0.3, 0.4) is 0 Å². The van der Waals surface area contributed by atoms with Gasteiger partial charge in [0.05, 0.1) is 16.8 Å². The van der Waals surface area contributed by atoms with Gasteiger partial charge in [-0.25, -0.2) is 4.98 Å². The van der Waals surface area contributed by atoms with Gasteiger partial charge in [-0.15, -0.1) is 12.4 Å². The van der Waals surface area contributed by atoms with E-state index in [1.165, 1.54) is 0 Å². The molecule has 0 radical (unpaired) electrons. The number of amides is 1. The molecule has 0 atom stereocenters. The first-order valence-corrected chi connectivity index (χ1v) is 9.59. The summed E-state index contributed by atoms with van der Waals surface area (Å²) in [6.45, 7) is 4.18. The molecule has 2 aromatic carbocycles. The fourth-order valence-electron chi connectivity index (χ4n) is 3.74. The Morgan fingerprint density at radius 3 is 2.55 bits per heavy atom. The predicted molar refractivity (Wildman–Crippen MR) is 114 cm³/mol. The van der Waals surface area contributed by atoms with Crippen molar-refractivity contribution >= 4 is 29.2 Å². The lowest BCUT2D eigenvalue weighted by Crippen LogP contribution is -2.46. The van der Waals surface area contributed by atoms with Crippen molar-refractivity contribution in [1.29, 1.82) is 0 Å². The van der Waals surface area contributed by atoms with Gasteiger partial charge in [0.1, 0.15) is 13.2 Å².